The number of thiazole rings is 1. The van der Waals surface area contributed by atoms with Crippen molar-refractivity contribution in [3.05, 3.63) is 68.3 Å². The molecule has 0 N–H and O–H groups in total. The maximum Gasteiger partial charge on any atom is 0.264 e. The van der Waals surface area contributed by atoms with E-state index >= 15 is 0 Å². The number of aryl methyl sites for hydroxylation is 2. The summed E-state index contributed by atoms with van der Waals surface area (Å²) in [6.07, 6.45) is 3.18. The van der Waals surface area contributed by atoms with Crippen LogP contribution in [0.2, 0.25) is 0 Å². The molecule has 4 aromatic rings. The quantitative estimate of drug-likeness (QED) is 0.528. The molecule has 6 nitrogen and oxygen atoms in total. The second-order valence-electron chi connectivity index (χ2n) is 8.21. The van der Waals surface area contributed by atoms with Gasteiger partial charge in [0.15, 0.2) is 5.65 Å². The van der Waals surface area contributed by atoms with Crippen LogP contribution in [0.3, 0.4) is 0 Å². The second-order valence-corrected chi connectivity index (χ2v) is 9.07. The minimum absolute atomic E-state index is 0.00314. The van der Waals surface area contributed by atoms with Gasteiger partial charge in [-0.25, -0.2) is 14.6 Å². The highest BCUT2D eigenvalue weighted by atomic mass is 32.1. The van der Waals surface area contributed by atoms with Gasteiger partial charge in [0.2, 0.25) is 0 Å². The number of hydrogen-bond donors (Lipinski definition) is 0. The highest BCUT2D eigenvalue weighted by Gasteiger charge is 2.19. The van der Waals surface area contributed by atoms with Gasteiger partial charge in [-0.3, -0.25) is 9.36 Å². The molecule has 0 aliphatic rings. The SMILES string of the molecule is Cc1cc(C)cc(-n2ncc3c(=O)n(Cc4csc(C(C)(C)C)n4)cnc32)c1. The van der Waals surface area contributed by atoms with Gasteiger partial charge in [0.25, 0.3) is 5.56 Å². The molecule has 0 spiro atoms. The molecule has 4 rings (SSSR count). The lowest BCUT2D eigenvalue weighted by Crippen LogP contribution is -2.21. The Morgan fingerprint density at radius 1 is 1.11 bits per heavy atom. The Kier molecular flexibility index (Phi) is 4.42. The maximum absolute atomic E-state index is 13.0. The zero-order valence-corrected chi connectivity index (χ0v) is 17.5. The molecule has 144 valence electrons. The van der Waals surface area contributed by atoms with Gasteiger partial charge in [0.1, 0.15) is 11.7 Å². The standard InChI is InChI=1S/C21H23N5OS/c1-13-6-14(2)8-16(7-13)26-18-17(9-23-26)19(27)25(12-22-18)10-15-11-28-20(24-15)21(3,4)5/h6-9,11-12H,10H2,1-5H3. The van der Waals surface area contributed by atoms with Gasteiger partial charge >= 0.3 is 0 Å². The summed E-state index contributed by atoms with van der Waals surface area (Å²) in [6, 6.07) is 6.18. The molecule has 28 heavy (non-hydrogen) atoms. The van der Waals surface area contributed by atoms with Crippen molar-refractivity contribution in [2.24, 2.45) is 0 Å². The van der Waals surface area contributed by atoms with E-state index in [0.717, 1.165) is 27.5 Å². The van der Waals surface area contributed by atoms with Crippen molar-refractivity contribution >= 4 is 22.4 Å². The summed E-state index contributed by atoms with van der Waals surface area (Å²) < 4.78 is 3.32. The highest BCUT2D eigenvalue weighted by molar-refractivity contribution is 7.09. The number of benzene rings is 1. The fraction of sp³-hybridized carbons (Fsp3) is 0.333. The number of hydrogen-bond acceptors (Lipinski definition) is 5. The molecule has 0 amide bonds. The summed E-state index contributed by atoms with van der Waals surface area (Å²) >= 11 is 1.63. The van der Waals surface area contributed by atoms with Crippen LogP contribution in [-0.4, -0.2) is 24.3 Å². The van der Waals surface area contributed by atoms with Crippen LogP contribution >= 0.6 is 11.3 Å². The van der Waals surface area contributed by atoms with Crippen molar-refractivity contribution in [2.45, 2.75) is 46.6 Å². The van der Waals surface area contributed by atoms with Gasteiger partial charge in [0, 0.05) is 10.8 Å². The predicted octanol–water partition coefficient (Wildman–Crippen LogP) is 4.00. The van der Waals surface area contributed by atoms with Crippen molar-refractivity contribution in [3.8, 4) is 5.69 Å². The molecule has 0 aliphatic heterocycles. The molecule has 3 aromatic heterocycles. The third kappa shape index (κ3) is 3.38. The fourth-order valence-electron chi connectivity index (χ4n) is 3.22. The average Bonchev–Trinajstić information content (AvgIpc) is 3.23. The van der Waals surface area contributed by atoms with E-state index in [0.29, 0.717) is 17.6 Å². The summed E-state index contributed by atoms with van der Waals surface area (Å²) in [5, 5.41) is 8.00. The first-order valence-electron chi connectivity index (χ1n) is 9.19. The summed E-state index contributed by atoms with van der Waals surface area (Å²) in [6.45, 7) is 10.9. The first-order chi connectivity index (χ1) is 13.2. The molecule has 7 heteroatoms. The largest absolute Gasteiger partial charge is 0.292 e. The van der Waals surface area contributed by atoms with Crippen molar-refractivity contribution in [1.82, 2.24) is 24.3 Å². The zero-order valence-electron chi connectivity index (χ0n) is 16.7. The molecular weight excluding hydrogens is 370 g/mol. The summed E-state index contributed by atoms with van der Waals surface area (Å²) in [4.78, 5) is 22.2. The Morgan fingerprint density at radius 3 is 2.46 bits per heavy atom. The van der Waals surface area contributed by atoms with Crippen LogP contribution in [0.1, 0.15) is 42.6 Å². The fourth-order valence-corrected chi connectivity index (χ4v) is 4.12. The van der Waals surface area contributed by atoms with E-state index in [9.17, 15) is 4.79 Å². The molecule has 0 unspecified atom stereocenters. The van der Waals surface area contributed by atoms with Gasteiger partial charge in [-0.15, -0.1) is 11.3 Å². The van der Waals surface area contributed by atoms with E-state index in [-0.39, 0.29) is 11.0 Å². The normalized spacial score (nSPS) is 12.0. The summed E-state index contributed by atoms with van der Waals surface area (Å²) in [5.74, 6) is 0. The van der Waals surface area contributed by atoms with E-state index in [1.807, 2.05) is 31.4 Å². The number of fused-ring (bicyclic) bond motifs is 1. The lowest BCUT2D eigenvalue weighted by molar-refractivity contribution is 0.580. The zero-order chi connectivity index (χ0) is 20.1. The maximum atomic E-state index is 13.0. The molecule has 0 saturated heterocycles. The predicted molar refractivity (Wildman–Crippen MR) is 113 cm³/mol. The van der Waals surface area contributed by atoms with E-state index in [2.05, 4.69) is 41.9 Å². The second kappa shape index (κ2) is 6.67. The number of rotatable bonds is 3. The van der Waals surface area contributed by atoms with Gasteiger partial charge in [-0.2, -0.15) is 5.10 Å². The first-order valence-corrected chi connectivity index (χ1v) is 10.1. The summed E-state index contributed by atoms with van der Waals surface area (Å²) in [5.41, 5.74) is 4.54. The van der Waals surface area contributed by atoms with Crippen LogP contribution in [0.25, 0.3) is 16.7 Å². The van der Waals surface area contributed by atoms with Gasteiger partial charge in [0.05, 0.1) is 29.1 Å². The molecule has 0 aliphatic carbocycles. The Labute approximate surface area is 167 Å². The third-order valence-corrected chi connectivity index (χ3v) is 5.85. The van der Waals surface area contributed by atoms with Gasteiger partial charge in [-0.05, 0) is 37.1 Å². The number of nitrogens with zero attached hydrogens (tertiary/aromatic N) is 5. The van der Waals surface area contributed by atoms with E-state index in [1.165, 1.54) is 0 Å². The Balaban J connectivity index is 1.72. The van der Waals surface area contributed by atoms with Crippen LogP contribution in [-0.2, 0) is 12.0 Å². The highest BCUT2D eigenvalue weighted by Crippen LogP contribution is 2.25. The minimum atomic E-state index is -0.106. The molecule has 0 radical (unpaired) electrons. The lowest BCUT2D eigenvalue weighted by Gasteiger charge is -2.13. The van der Waals surface area contributed by atoms with Crippen LogP contribution in [0.4, 0.5) is 0 Å². The molecule has 3 heterocycles. The monoisotopic (exact) mass is 393 g/mol. The van der Waals surface area contributed by atoms with Crippen molar-refractivity contribution in [2.75, 3.05) is 0 Å². The number of aromatic nitrogens is 5. The minimum Gasteiger partial charge on any atom is -0.292 e. The van der Waals surface area contributed by atoms with Crippen molar-refractivity contribution in [3.63, 3.8) is 0 Å². The molecule has 0 saturated carbocycles. The van der Waals surface area contributed by atoms with E-state index in [4.69, 9.17) is 0 Å². The Bertz CT molecular complexity index is 1210. The average molecular weight is 394 g/mol. The lowest BCUT2D eigenvalue weighted by atomic mass is 9.98. The van der Waals surface area contributed by atoms with Gasteiger partial charge in [-0.1, -0.05) is 26.8 Å². The first kappa shape index (κ1) is 18.6. The van der Waals surface area contributed by atoms with Crippen LogP contribution in [0.5, 0.6) is 0 Å². The molecule has 0 bridgehead atoms. The Hall–Kier alpha value is -2.80. The van der Waals surface area contributed by atoms with Crippen molar-refractivity contribution in [1.29, 1.82) is 0 Å². The van der Waals surface area contributed by atoms with Crippen LogP contribution < -0.4 is 5.56 Å². The van der Waals surface area contributed by atoms with Crippen LogP contribution in [0, 0.1) is 13.8 Å². The Morgan fingerprint density at radius 2 is 1.82 bits per heavy atom. The molecular formula is C21H23N5OS. The van der Waals surface area contributed by atoms with Crippen molar-refractivity contribution < 1.29 is 0 Å². The summed E-state index contributed by atoms with van der Waals surface area (Å²) in [7, 11) is 0. The van der Waals surface area contributed by atoms with E-state index in [1.54, 1.807) is 33.1 Å². The molecule has 0 atom stereocenters. The third-order valence-electron chi connectivity index (χ3n) is 4.53. The smallest absolute Gasteiger partial charge is 0.264 e. The molecule has 0 fully saturated rings. The topological polar surface area (TPSA) is 65.6 Å². The van der Waals surface area contributed by atoms with Gasteiger partial charge < -0.3 is 0 Å². The van der Waals surface area contributed by atoms with Crippen LogP contribution in [0.15, 0.2) is 40.9 Å². The molecule has 1 aromatic carbocycles. The van der Waals surface area contributed by atoms with E-state index < -0.39 is 0 Å².